The summed E-state index contributed by atoms with van der Waals surface area (Å²) in [6, 6.07) is 24.2. The van der Waals surface area contributed by atoms with Crippen LogP contribution in [0.5, 0.6) is 5.75 Å². The van der Waals surface area contributed by atoms with Crippen LogP contribution in [0.2, 0.25) is 5.02 Å². The third-order valence-electron chi connectivity index (χ3n) is 5.68. The van der Waals surface area contributed by atoms with Crippen molar-refractivity contribution in [1.82, 2.24) is 10.2 Å². The van der Waals surface area contributed by atoms with E-state index in [2.05, 4.69) is 5.32 Å². The van der Waals surface area contributed by atoms with E-state index in [1.807, 2.05) is 85.8 Å². The first kappa shape index (κ1) is 25.3. The van der Waals surface area contributed by atoms with Crippen LogP contribution in [0.25, 0.3) is 0 Å². The summed E-state index contributed by atoms with van der Waals surface area (Å²) in [4.78, 5) is 28.5. The number of halogens is 1. The quantitative estimate of drug-likeness (QED) is 0.419. The van der Waals surface area contributed by atoms with Crippen LogP contribution < -0.4 is 10.1 Å². The monoisotopic (exact) mass is 478 g/mol. The molecule has 0 aliphatic carbocycles. The lowest BCUT2D eigenvalue weighted by atomic mass is 10.0. The van der Waals surface area contributed by atoms with Gasteiger partial charge in [-0.1, -0.05) is 72.3 Å². The topological polar surface area (TPSA) is 58.6 Å². The van der Waals surface area contributed by atoms with Crippen LogP contribution in [0.15, 0.2) is 78.9 Å². The Hall–Kier alpha value is -3.31. The van der Waals surface area contributed by atoms with Gasteiger partial charge in [0.1, 0.15) is 11.8 Å². The van der Waals surface area contributed by atoms with E-state index in [9.17, 15) is 9.59 Å². The highest BCUT2D eigenvalue weighted by atomic mass is 35.5. The fraction of sp³-hybridized carbons (Fsp3) is 0.286. The third-order valence-corrected chi connectivity index (χ3v) is 6.04. The van der Waals surface area contributed by atoms with Crippen LogP contribution in [0, 0.1) is 0 Å². The molecule has 3 rings (SSSR count). The zero-order chi connectivity index (χ0) is 24.3. The van der Waals surface area contributed by atoms with E-state index in [-0.39, 0.29) is 18.2 Å². The molecule has 0 aliphatic rings. The molecule has 1 unspecified atom stereocenters. The van der Waals surface area contributed by atoms with E-state index < -0.39 is 6.04 Å². The summed E-state index contributed by atoms with van der Waals surface area (Å²) in [7, 11) is 1.61. The maximum Gasteiger partial charge on any atom is 0.243 e. The lowest BCUT2D eigenvalue weighted by Gasteiger charge is -2.31. The Labute approximate surface area is 206 Å². The highest BCUT2D eigenvalue weighted by molar-refractivity contribution is 6.31. The Kier molecular flexibility index (Phi) is 9.53. The second kappa shape index (κ2) is 12.8. The average molecular weight is 479 g/mol. The number of benzene rings is 3. The number of likely N-dealkylation sites (N-methyl/N-ethyl adjacent to an activating group) is 1. The zero-order valence-electron chi connectivity index (χ0n) is 19.7. The summed E-state index contributed by atoms with van der Waals surface area (Å²) in [5.74, 6) is 0.439. The number of nitrogens with zero attached hydrogens (tertiary/aromatic N) is 1. The summed E-state index contributed by atoms with van der Waals surface area (Å²) >= 11 is 6.31. The lowest BCUT2D eigenvalue weighted by molar-refractivity contribution is -0.141. The molecule has 1 atom stereocenters. The van der Waals surface area contributed by atoms with Gasteiger partial charge in [-0.05, 0) is 48.2 Å². The molecule has 0 aliphatic heterocycles. The molecule has 3 aromatic rings. The van der Waals surface area contributed by atoms with Crippen molar-refractivity contribution in [3.05, 3.63) is 101 Å². The first-order valence-electron chi connectivity index (χ1n) is 11.5. The molecule has 34 heavy (non-hydrogen) atoms. The van der Waals surface area contributed by atoms with Crippen molar-refractivity contribution in [2.75, 3.05) is 13.7 Å². The molecule has 0 saturated carbocycles. The van der Waals surface area contributed by atoms with Gasteiger partial charge >= 0.3 is 0 Å². The second-order valence-corrected chi connectivity index (χ2v) is 8.47. The molecule has 0 heterocycles. The lowest BCUT2D eigenvalue weighted by Crippen LogP contribution is -2.50. The Bertz CT molecular complexity index is 1090. The van der Waals surface area contributed by atoms with Gasteiger partial charge in [0.15, 0.2) is 0 Å². The molecule has 0 saturated heterocycles. The van der Waals surface area contributed by atoms with Crippen LogP contribution in [-0.4, -0.2) is 36.4 Å². The molecule has 0 spiro atoms. The van der Waals surface area contributed by atoms with Gasteiger partial charge in [0, 0.05) is 31.0 Å². The highest BCUT2D eigenvalue weighted by Gasteiger charge is 2.30. The molecule has 1 N–H and O–H groups in total. The first-order chi connectivity index (χ1) is 16.5. The number of ether oxygens (including phenoxy) is 1. The van der Waals surface area contributed by atoms with Crippen LogP contribution in [-0.2, 0) is 29.0 Å². The maximum absolute atomic E-state index is 13.6. The highest BCUT2D eigenvalue weighted by Crippen LogP contribution is 2.21. The van der Waals surface area contributed by atoms with Crippen LogP contribution in [0.4, 0.5) is 0 Å². The van der Waals surface area contributed by atoms with Crippen molar-refractivity contribution in [2.45, 2.75) is 38.8 Å². The number of hydrogen-bond acceptors (Lipinski definition) is 3. The van der Waals surface area contributed by atoms with Crippen LogP contribution in [0.3, 0.4) is 0 Å². The Morgan fingerprint density at radius 1 is 0.971 bits per heavy atom. The van der Waals surface area contributed by atoms with Crippen molar-refractivity contribution in [2.24, 2.45) is 0 Å². The Morgan fingerprint density at radius 3 is 2.38 bits per heavy atom. The number of nitrogens with one attached hydrogen (secondary N) is 1. The minimum Gasteiger partial charge on any atom is -0.497 e. The van der Waals surface area contributed by atoms with Gasteiger partial charge in [-0.3, -0.25) is 9.59 Å². The second-order valence-electron chi connectivity index (χ2n) is 8.06. The smallest absolute Gasteiger partial charge is 0.243 e. The Morgan fingerprint density at radius 2 is 1.68 bits per heavy atom. The first-order valence-corrected chi connectivity index (χ1v) is 11.9. The van der Waals surface area contributed by atoms with Gasteiger partial charge in [-0.15, -0.1) is 0 Å². The zero-order valence-corrected chi connectivity index (χ0v) is 20.4. The molecule has 2 amide bonds. The molecular formula is C28H31ClN2O3. The normalized spacial score (nSPS) is 11.5. The minimum atomic E-state index is -0.646. The molecule has 0 aromatic heterocycles. The van der Waals surface area contributed by atoms with Crippen molar-refractivity contribution in [3.8, 4) is 5.75 Å². The van der Waals surface area contributed by atoms with Crippen molar-refractivity contribution in [1.29, 1.82) is 0 Å². The number of aryl methyl sites for hydroxylation is 1. The predicted molar refractivity (Wildman–Crippen MR) is 136 cm³/mol. The molecule has 0 fully saturated rings. The number of carbonyl (C=O) groups is 2. The average Bonchev–Trinajstić information content (AvgIpc) is 2.86. The van der Waals surface area contributed by atoms with Crippen LogP contribution >= 0.6 is 11.6 Å². The van der Waals surface area contributed by atoms with Crippen molar-refractivity contribution < 1.29 is 14.3 Å². The SMILES string of the molecule is CCNC(=O)C(Cc1ccccc1)N(Cc1cccc(OC)c1)C(=O)CCc1ccccc1Cl. The van der Waals surface area contributed by atoms with E-state index in [1.54, 1.807) is 12.0 Å². The van der Waals surface area contributed by atoms with Gasteiger partial charge in [-0.25, -0.2) is 0 Å². The van der Waals surface area contributed by atoms with Crippen LogP contribution in [0.1, 0.15) is 30.0 Å². The van der Waals surface area contributed by atoms with Gasteiger partial charge < -0.3 is 15.0 Å². The third kappa shape index (κ3) is 7.09. The molecule has 5 nitrogen and oxygen atoms in total. The van der Waals surface area contributed by atoms with Crippen molar-refractivity contribution in [3.63, 3.8) is 0 Å². The molecule has 0 bridgehead atoms. The number of rotatable bonds is 11. The maximum atomic E-state index is 13.6. The molecular weight excluding hydrogens is 448 g/mol. The number of carbonyl (C=O) groups excluding carboxylic acids is 2. The number of amides is 2. The largest absolute Gasteiger partial charge is 0.497 e. The predicted octanol–water partition coefficient (Wildman–Crippen LogP) is 5.06. The Balaban J connectivity index is 1.91. The van der Waals surface area contributed by atoms with Crippen molar-refractivity contribution >= 4 is 23.4 Å². The molecule has 3 aromatic carbocycles. The summed E-state index contributed by atoms with van der Waals surface area (Å²) in [6.45, 7) is 2.67. The standard InChI is InChI=1S/C28H31ClN2O3/c1-3-30-28(33)26(19-21-10-5-4-6-11-21)31(20-22-12-9-14-24(18-22)34-2)27(32)17-16-23-13-7-8-15-25(23)29/h4-15,18,26H,3,16-17,19-20H2,1-2H3,(H,30,33). The van der Waals surface area contributed by atoms with E-state index in [4.69, 9.17) is 16.3 Å². The van der Waals surface area contributed by atoms with Gasteiger partial charge in [-0.2, -0.15) is 0 Å². The summed E-state index contributed by atoms with van der Waals surface area (Å²) in [5.41, 5.74) is 2.80. The van der Waals surface area contributed by atoms with E-state index in [0.29, 0.717) is 36.7 Å². The molecule has 0 radical (unpaired) electrons. The van der Waals surface area contributed by atoms with Gasteiger partial charge in [0.2, 0.25) is 11.8 Å². The van der Waals surface area contributed by atoms with Gasteiger partial charge in [0.05, 0.1) is 7.11 Å². The fourth-order valence-corrected chi connectivity index (χ4v) is 4.13. The summed E-state index contributed by atoms with van der Waals surface area (Å²) in [6.07, 6.45) is 1.17. The summed E-state index contributed by atoms with van der Waals surface area (Å²) < 4.78 is 5.36. The van der Waals surface area contributed by atoms with E-state index >= 15 is 0 Å². The molecule has 178 valence electrons. The molecule has 6 heteroatoms. The number of methoxy groups -OCH3 is 1. The van der Waals surface area contributed by atoms with Gasteiger partial charge in [0.25, 0.3) is 0 Å². The van der Waals surface area contributed by atoms with E-state index in [0.717, 1.165) is 16.7 Å². The minimum absolute atomic E-state index is 0.102. The number of hydrogen-bond donors (Lipinski definition) is 1. The fourth-order valence-electron chi connectivity index (χ4n) is 3.90. The summed E-state index contributed by atoms with van der Waals surface area (Å²) in [5, 5.41) is 3.55. The van der Waals surface area contributed by atoms with E-state index in [1.165, 1.54) is 0 Å².